The van der Waals surface area contributed by atoms with Crippen LogP contribution < -0.4 is 5.32 Å². The summed E-state index contributed by atoms with van der Waals surface area (Å²) >= 11 is 6.06. The third-order valence-electron chi connectivity index (χ3n) is 4.30. The summed E-state index contributed by atoms with van der Waals surface area (Å²) in [4.78, 5) is 26.8. The third kappa shape index (κ3) is 4.95. The highest BCUT2D eigenvalue weighted by atomic mass is 35.5. The number of anilines is 1. The predicted octanol–water partition coefficient (Wildman–Crippen LogP) is 2.71. The Labute approximate surface area is 162 Å². The van der Waals surface area contributed by atoms with Crippen LogP contribution in [0.1, 0.15) is 27.2 Å². The van der Waals surface area contributed by atoms with Crippen molar-refractivity contribution in [2.75, 3.05) is 25.0 Å². The summed E-state index contributed by atoms with van der Waals surface area (Å²) in [5, 5.41) is 13.9. The molecule has 0 radical (unpaired) electrons. The first-order chi connectivity index (χ1) is 12.7. The maximum absolute atomic E-state index is 12.3. The lowest BCUT2D eigenvalue weighted by atomic mass is 9.95. The maximum Gasteiger partial charge on any atom is 0.410 e. The van der Waals surface area contributed by atoms with Gasteiger partial charge in [0, 0.05) is 44.0 Å². The number of nitrogens with zero attached hydrogens (tertiary/aromatic N) is 4. The lowest BCUT2D eigenvalue weighted by Crippen LogP contribution is -2.49. The number of carbonyl (C=O) groups excluding carboxylic acids is 1. The van der Waals surface area contributed by atoms with Gasteiger partial charge in [0.05, 0.1) is 11.6 Å². The van der Waals surface area contributed by atoms with Crippen molar-refractivity contribution in [2.24, 2.45) is 5.92 Å². The molecule has 9 heteroatoms. The fourth-order valence-electron chi connectivity index (χ4n) is 3.01. The average Bonchev–Trinajstić information content (AvgIpc) is 2.59. The first-order valence-corrected chi connectivity index (χ1v) is 9.28. The number of nitrogens with one attached hydrogen (secondary N) is 1. The van der Waals surface area contributed by atoms with Gasteiger partial charge in [-0.2, -0.15) is 0 Å². The van der Waals surface area contributed by atoms with E-state index in [0.29, 0.717) is 48.1 Å². The van der Waals surface area contributed by atoms with E-state index in [1.54, 1.807) is 23.4 Å². The second kappa shape index (κ2) is 7.82. The Balaban J connectivity index is 1.69. The Morgan fingerprint density at radius 3 is 2.89 bits per heavy atom. The molecule has 0 aromatic carbocycles. The topological polar surface area (TPSA) is 100 Å². The molecule has 2 aromatic rings. The van der Waals surface area contributed by atoms with Gasteiger partial charge in [0.1, 0.15) is 16.3 Å². The predicted molar refractivity (Wildman–Crippen MR) is 103 cm³/mol. The molecule has 3 rings (SSSR count). The molecule has 2 aromatic heterocycles. The number of aromatic nitrogens is 3. The summed E-state index contributed by atoms with van der Waals surface area (Å²) in [6.45, 7) is 6.78. The number of hydrogen-bond acceptors (Lipinski definition) is 7. The molecule has 2 N–H and O–H groups in total. The normalized spacial score (nSPS) is 20.6. The molecule has 8 nitrogen and oxygen atoms in total. The second-order valence-corrected chi connectivity index (χ2v) is 8.03. The van der Waals surface area contributed by atoms with E-state index in [9.17, 15) is 9.90 Å². The zero-order chi connectivity index (χ0) is 19.6. The van der Waals surface area contributed by atoms with Crippen molar-refractivity contribution >= 4 is 34.5 Å². The number of amides is 1. The van der Waals surface area contributed by atoms with Gasteiger partial charge >= 0.3 is 6.09 Å². The molecular formula is C18H24ClN5O3. The summed E-state index contributed by atoms with van der Waals surface area (Å²) < 4.78 is 5.43. The molecule has 1 aliphatic rings. The molecule has 1 aliphatic heterocycles. The Morgan fingerprint density at radius 2 is 2.15 bits per heavy atom. The van der Waals surface area contributed by atoms with Crippen molar-refractivity contribution in [1.82, 2.24) is 19.9 Å². The highest BCUT2D eigenvalue weighted by molar-refractivity contribution is 6.30. The van der Waals surface area contributed by atoms with Crippen LogP contribution in [-0.2, 0) is 4.74 Å². The van der Waals surface area contributed by atoms with E-state index in [4.69, 9.17) is 16.3 Å². The Hall–Kier alpha value is -2.19. The molecule has 1 amide bonds. The first-order valence-electron chi connectivity index (χ1n) is 8.90. The molecule has 0 bridgehead atoms. The summed E-state index contributed by atoms with van der Waals surface area (Å²) in [7, 11) is 0. The van der Waals surface area contributed by atoms with Gasteiger partial charge in [-0.25, -0.2) is 14.8 Å². The van der Waals surface area contributed by atoms with E-state index >= 15 is 0 Å². The minimum atomic E-state index is -0.552. The van der Waals surface area contributed by atoms with Gasteiger partial charge in [0.15, 0.2) is 5.82 Å². The lowest BCUT2D eigenvalue weighted by molar-refractivity contribution is -0.00583. The summed E-state index contributed by atoms with van der Waals surface area (Å²) in [5.74, 6) is 0.339. The number of aliphatic hydroxyl groups is 1. The molecule has 2 atom stereocenters. The standard InChI is InChI=1S/C18H24ClN5O3/c1-18(2,3)27-17(26)24-7-4-13(25)11(10-24)9-22-16-15-12(8-14(19)23-16)20-5-6-21-15/h5-6,8,11,13,25H,4,7,9-10H2,1-3H3,(H,22,23)/t11-,13+/m0/s1. The number of likely N-dealkylation sites (tertiary alicyclic amines) is 1. The average molecular weight is 394 g/mol. The van der Waals surface area contributed by atoms with Gasteiger partial charge in [0.2, 0.25) is 0 Å². The fourth-order valence-corrected chi connectivity index (χ4v) is 3.19. The van der Waals surface area contributed by atoms with Crippen molar-refractivity contribution in [1.29, 1.82) is 0 Å². The van der Waals surface area contributed by atoms with Crippen LogP contribution in [0.15, 0.2) is 18.5 Å². The monoisotopic (exact) mass is 393 g/mol. The van der Waals surface area contributed by atoms with E-state index < -0.39 is 11.7 Å². The van der Waals surface area contributed by atoms with Gasteiger partial charge in [-0.1, -0.05) is 11.6 Å². The van der Waals surface area contributed by atoms with Crippen LogP contribution >= 0.6 is 11.6 Å². The minimum Gasteiger partial charge on any atom is -0.444 e. The number of fused-ring (bicyclic) bond motifs is 1. The van der Waals surface area contributed by atoms with Crippen molar-refractivity contribution in [3.8, 4) is 0 Å². The van der Waals surface area contributed by atoms with Crippen molar-refractivity contribution in [2.45, 2.75) is 38.9 Å². The van der Waals surface area contributed by atoms with Gasteiger partial charge in [-0.05, 0) is 27.2 Å². The number of pyridine rings is 1. The largest absolute Gasteiger partial charge is 0.444 e. The number of ether oxygens (including phenoxy) is 1. The van der Waals surface area contributed by atoms with Crippen molar-refractivity contribution in [3.05, 3.63) is 23.6 Å². The van der Waals surface area contributed by atoms with Gasteiger partial charge in [-0.15, -0.1) is 0 Å². The van der Waals surface area contributed by atoms with Crippen LogP contribution in [-0.4, -0.2) is 62.4 Å². The molecule has 1 fully saturated rings. The quantitative estimate of drug-likeness (QED) is 0.773. The number of carbonyl (C=O) groups is 1. The minimum absolute atomic E-state index is 0.168. The highest BCUT2D eigenvalue weighted by Gasteiger charge is 2.32. The number of hydrogen-bond donors (Lipinski definition) is 2. The molecule has 0 aliphatic carbocycles. The van der Waals surface area contributed by atoms with E-state index in [1.807, 2.05) is 20.8 Å². The molecule has 146 valence electrons. The molecular weight excluding hydrogens is 370 g/mol. The van der Waals surface area contributed by atoms with Gasteiger partial charge < -0.3 is 20.1 Å². The summed E-state index contributed by atoms with van der Waals surface area (Å²) in [5.41, 5.74) is 0.694. The van der Waals surface area contributed by atoms with E-state index in [-0.39, 0.29) is 12.0 Å². The Bertz CT molecular complexity index is 826. The zero-order valence-corrected chi connectivity index (χ0v) is 16.4. The summed E-state index contributed by atoms with van der Waals surface area (Å²) in [6, 6.07) is 1.65. The molecule has 0 spiro atoms. The van der Waals surface area contributed by atoms with E-state index in [2.05, 4.69) is 20.3 Å². The second-order valence-electron chi connectivity index (χ2n) is 7.64. The third-order valence-corrected chi connectivity index (χ3v) is 4.50. The van der Waals surface area contributed by atoms with E-state index in [0.717, 1.165) is 0 Å². The van der Waals surface area contributed by atoms with Crippen LogP contribution in [0.4, 0.5) is 10.6 Å². The fraction of sp³-hybridized carbons (Fsp3) is 0.556. The van der Waals surface area contributed by atoms with Gasteiger partial charge in [0.25, 0.3) is 0 Å². The molecule has 1 saturated heterocycles. The number of aliphatic hydroxyl groups excluding tert-OH is 1. The smallest absolute Gasteiger partial charge is 0.410 e. The number of piperidine rings is 1. The van der Waals surface area contributed by atoms with Crippen molar-refractivity contribution < 1.29 is 14.6 Å². The maximum atomic E-state index is 12.3. The number of halogens is 1. The highest BCUT2D eigenvalue weighted by Crippen LogP contribution is 2.24. The van der Waals surface area contributed by atoms with E-state index in [1.165, 1.54) is 0 Å². The molecule has 27 heavy (non-hydrogen) atoms. The van der Waals surface area contributed by atoms with Crippen LogP contribution in [0.5, 0.6) is 0 Å². The zero-order valence-electron chi connectivity index (χ0n) is 15.6. The van der Waals surface area contributed by atoms with Crippen LogP contribution in [0, 0.1) is 5.92 Å². The van der Waals surface area contributed by atoms with Crippen molar-refractivity contribution in [3.63, 3.8) is 0 Å². The first kappa shape index (κ1) is 19.6. The van der Waals surface area contributed by atoms with Gasteiger partial charge in [-0.3, -0.25) is 4.98 Å². The molecule has 0 saturated carbocycles. The number of rotatable bonds is 3. The molecule has 0 unspecified atom stereocenters. The Kier molecular flexibility index (Phi) is 5.67. The van der Waals surface area contributed by atoms with Crippen LogP contribution in [0.3, 0.4) is 0 Å². The van der Waals surface area contributed by atoms with Crippen LogP contribution in [0.2, 0.25) is 5.15 Å². The van der Waals surface area contributed by atoms with Crippen LogP contribution in [0.25, 0.3) is 11.0 Å². The Morgan fingerprint density at radius 1 is 1.41 bits per heavy atom. The lowest BCUT2D eigenvalue weighted by Gasteiger charge is -2.37. The SMILES string of the molecule is CC(C)(C)OC(=O)N1CC[C@@H](O)[C@@H](CNc2nc(Cl)cc3nccnc23)C1. The molecule has 3 heterocycles. The summed E-state index contributed by atoms with van der Waals surface area (Å²) in [6.07, 6.45) is 2.79.